The van der Waals surface area contributed by atoms with E-state index in [9.17, 15) is 9.59 Å². The molecule has 0 aromatic rings. The van der Waals surface area contributed by atoms with E-state index >= 15 is 0 Å². The molecule has 6 heteroatoms. The van der Waals surface area contributed by atoms with E-state index < -0.39 is 5.60 Å². The van der Waals surface area contributed by atoms with Crippen LogP contribution in [-0.2, 0) is 9.53 Å². The fourth-order valence-electron chi connectivity index (χ4n) is 2.52. The number of rotatable bonds is 6. The molecule has 1 fully saturated rings. The number of carbonyl (C=O) groups is 2. The van der Waals surface area contributed by atoms with Crippen LogP contribution >= 0.6 is 0 Å². The maximum Gasteiger partial charge on any atom is 0.410 e. The van der Waals surface area contributed by atoms with Gasteiger partial charge in [-0.3, -0.25) is 4.79 Å². The second-order valence-corrected chi connectivity index (χ2v) is 7.36. The number of likely N-dealkylation sites (N-methyl/N-ethyl adjacent to an activating group) is 1. The number of ether oxygens (including phenoxy) is 1. The largest absolute Gasteiger partial charge is 0.444 e. The molecule has 0 unspecified atom stereocenters. The van der Waals surface area contributed by atoms with Gasteiger partial charge in [0.15, 0.2) is 0 Å². The second kappa shape index (κ2) is 9.11. The Morgan fingerprint density at radius 3 is 2.39 bits per heavy atom. The topological polar surface area (TPSA) is 61.9 Å². The monoisotopic (exact) mass is 327 g/mol. The van der Waals surface area contributed by atoms with Crippen molar-refractivity contribution >= 4 is 12.0 Å². The molecule has 6 nitrogen and oxygen atoms in total. The van der Waals surface area contributed by atoms with Crippen molar-refractivity contribution in [1.82, 2.24) is 15.1 Å². The lowest BCUT2D eigenvalue weighted by Crippen LogP contribution is -2.42. The summed E-state index contributed by atoms with van der Waals surface area (Å²) in [4.78, 5) is 27.9. The molecule has 1 heterocycles. The van der Waals surface area contributed by atoms with Gasteiger partial charge in [-0.2, -0.15) is 0 Å². The van der Waals surface area contributed by atoms with Crippen molar-refractivity contribution in [2.75, 3.05) is 39.8 Å². The molecule has 1 rings (SSSR count). The summed E-state index contributed by atoms with van der Waals surface area (Å²) in [7, 11) is 2.04. The standard InChI is InChI=1S/C17H33N3O3/c1-6-19(5)12-9-18-15(21)13-14-7-10-20(11-8-14)16(22)23-17(2,3)4/h14H,6-13H2,1-5H3,(H,18,21). The lowest BCUT2D eigenvalue weighted by molar-refractivity contribution is -0.122. The molecule has 0 bridgehead atoms. The minimum Gasteiger partial charge on any atom is -0.444 e. The number of likely N-dealkylation sites (tertiary alicyclic amines) is 1. The van der Waals surface area contributed by atoms with E-state index in [2.05, 4.69) is 17.1 Å². The van der Waals surface area contributed by atoms with E-state index in [0.29, 0.717) is 32.0 Å². The number of carbonyl (C=O) groups excluding carboxylic acids is 2. The zero-order valence-corrected chi connectivity index (χ0v) is 15.4. The maximum atomic E-state index is 12.0. The molecule has 1 N–H and O–H groups in total. The number of hydrogen-bond acceptors (Lipinski definition) is 4. The summed E-state index contributed by atoms with van der Waals surface area (Å²) < 4.78 is 5.38. The van der Waals surface area contributed by atoms with Crippen molar-refractivity contribution in [1.29, 1.82) is 0 Å². The third-order valence-electron chi connectivity index (χ3n) is 4.10. The quantitative estimate of drug-likeness (QED) is 0.811. The van der Waals surface area contributed by atoms with Gasteiger partial charge in [0.25, 0.3) is 0 Å². The van der Waals surface area contributed by atoms with Crippen molar-refractivity contribution < 1.29 is 14.3 Å². The number of nitrogens with zero attached hydrogens (tertiary/aromatic N) is 2. The average Bonchev–Trinajstić information content (AvgIpc) is 2.46. The van der Waals surface area contributed by atoms with Crippen LogP contribution in [0.4, 0.5) is 4.79 Å². The van der Waals surface area contributed by atoms with Crippen LogP contribution in [0.1, 0.15) is 47.0 Å². The predicted octanol–water partition coefficient (Wildman–Crippen LogP) is 2.09. The molecule has 1 aliphatic rings. The predicted molar refractivity (Wildman–Crippen MR) is 91.3 cm³/mol. The molecule has 23 heavy (non-hydrogen) atoms. The zero-order chi connectivity index (χ0) is 17.5. The van der Waals surface area contributed by atoms with Crippen LogP contribution in [0.3, 0.4) is 0 Å². The van der Waals surface area contributed by atoms with Gasteiger partial charge in [0.2, 0.25) is 5.91 Å². The number of hydrogen-bond donors (Lipinski definition) is 1. The molecule has 0 aliphatic carbocycles. The van der Waals surface area contributed by atoms with Crippen molar-refractivity contribution in [2.45, 2.75) is 52.6 Å². The summed E-state index contributed by atoms with van der Waals surface area (Å²) in [5.74, 6) is 0.475. The molecule has 0 saturated carbocycles. The Balaban J connectivity index is 2.23. The molecule has 1 saturated heterocycles. The Kier molecular flexibility index (Phi) is 7.82. The molecule has 0 radical (unpaired) electrons. The summed E-state index contributed by atoms with van der Waals surface area (Å²) in [6, 6.07) is 0. The molecular formula is C17H33N3O3. The van der Waals surface area contributed by atoms with Crippen LogP contribution in [-0.4, -0.2) is 67.2 Å². The first-order valence-corrected chi connectivity index (χ1v) is 8.64. The molecule has 0 spiro atoms. The Bertz CT molecular complexity index is 385. The number of nitrogens with one attached hydrogen (secondary N) is 1. The van der Waals surface area contributed by atoms with Gasteiger partial charge >= 0.3 is 6.09 Å². The van der Waals surface area contributed by atoms with Crippen LogP contribution in [0.25, 0.3) is 0 Å². The highest BCUT2D eigenvalue weighted by Gasteiger charge is 2.27. The van der Waals surface area contributed by atoms with E-state index in [0.717, 1.165) is 25.9 Å². The van der Waals surface area contributed by atoms with Crippen LogP contribution in [0.15, 0.2) is 0 Å². The van der Waals surface area contributed by atoms with Gasteiger partial charge in [0.1, 0.15) is 5.60 Å². The van der Waals surface area contributed by atoms with E-state index in [-0.39, 0.29) is 12.0 Å². The average molecular weight is 327 g/mol. The Morgan fingerprint density at radius 2 is 1.87 bits per heavy atom. The normalized spacial score (nSPS) is 16.5. The van der Waals surface area contributed by atoms with E-state index in [4.69, 9.17) is 4.74 Å². The van der Waals surface area contributed by atoms with Crippen molar-refractivity contribution in [3.05, 3.63) is 0 Å². The summed E-state index contributed by atoms with van der Waals surface area (Å²) in [6.07, 6.45) is 2.03. The van der Waals surface area contributed by atoms with Gasteiger partial charge in [-0.05, 0) is 53.1 Å². The van der Waals surface area contributed by atoms with Gasteiger partial charge in [0, 0.05) is 32.6 Å². The molecule has 2 amide bonds. The molecule has 0 aromatic heterocycles. The third-order valence-corrected chi connectivity index (χ3v) is 4.10. The van der Waals surface area contributed by atoms with Crippen molar-refractivity contribution in [2.24, 2.45) is 5.92 Å². The van der Waals surface area contributed by atoms with Crippen molar-refractivity contribution in [3.63, 3.8) is 0 Å². The minimum atomic E-state index is -0.459. The first kappa shape index (κ1) is 19.7. The van der Waals surface area contributed by atoms with Crippen LogP contribution < -0.4 is 5.32 Å². The minimum absolute atomic E-state index is 0.116. The first-order chi connectivity index (χ1) is 10.7. The smallest absolute Gasteiger partial charge is 0.410 e. The lowest BCUT2D eigenvalue weighted by Gasteiger charge is -2.33. The van der Waals surface area contributed by atoms with Gasteiger partial charge in [-0.15, -0.1) is 0 Å². The fourth-order valence-corrected chi connectivity index (χ4v) is 2.52. The molecule has 1 aliphatic heterocycles. The lowest BCUT2D eigenvalue weighted by atomic mass is 9.93. The second-order valence-electron chi connectivity index (χ2n) is 7.36. The summed E-state index contributed by atoms with van der Waals surface area (Å²) >= 11 is 0. The SMILES string of the molecule is CCN(C)CCNC(=O)CC1CCN(C(=O)OC(C)(C)C)CC1. The van der Waals surface area contributed by atoms with E-state index in [1.165, 1.54) is 0 Å². The summed E-state index contributed by atoms with van der Waals surface area (Å²) in [6.45, 7) is 11.6. The Labute approximate surface area is 140 Å². The highest BCUT2D eigenvalue weighted by atomic mass is 16.6. The van der Waals surface area contributed by atoms with Gasteiger partial charge in [0.05, 0.1) is 0 Å². The zero-order valence-electron chi connectivity index (χ0n) is 15.4. The third kappa shape index (κ3) is 8.21. The summed E-state index contributed by atoms with van der Waals surface area (Å²) in [5.41, 5.74) is -0.459. The summed E-state index contributed by atoms with van der Waals surface area (Å²) in [5, 5.41) is 2.97. The highest BCUT2D eigenvalue weighted by Crippen LogP contribution is 2.22. The van der Waals surface area contributed by atoms with Gasteiger partial charge in [-0.25, -0.2) is 4.79 Å². The first-order valence-electron chi connectivity index (χ1n) is 8.64. The maximum absolute atomic E-state index is 12.0. The molecular weight excluding hydrogens is 294 g/mol. The number of amides is 2. The molecule has 134 valence electrons. The molecule has 0 atom stereocenters. The van der Waals surface area contributed by atoms with Crippen LogP contribution in [0.5, 0.6) is 0 Å². The number of piperidine rings is 1. The van der Waals surface area contributed by atoms with Gasteiger partial charge in [-0.1, -0.05) is 6.92 Å². The van der Waals surface area contributed by atoms with Crippen LogP contribution in [0.2, 0.25) is 0 Å². The Hall–Kier alpha value is -1.30. The highest BCUT2D eigenvalue weighted by molar-refractivity contribution is 5.76. The molecule has 0 aromatic carbocycles. The van der Waals surface area contributed by atoms with E-state index in [1.54, 1.807) is 4.90 Å². The fraction of sp³-hybridized carbons (Fsp3) is 0.882. The Morgan fingerprint density at radius 1 is 1.26 bits per heavy atom. The van der Waals surface area contributed by atoms with Crippen LogP contribution in [0, 0.1) is 5.92 Å². The van der Waals surface area contributed by atoms with Crippen molar-refractivity contribution in [3.8, 4) is 0 Å². The van der Waals surface area contributed by atoms with Gasteiger partial charge < -0.3 is 19.9 Å². The van der Waals surface area contributed by atoms with E-state index in [1.807, 2.05) is 27.8 Å².